The van der Waals surface area contributed by atoms with E-state index in [0.29, 0.717) is 16.9 Å². The predicted octanol–water partition coefficient (Wildman–Crippen LogP) is 4.72. The largest absolute Gasteiger partial charge is 0.490 e. The van der Waals surface area contributed by atoms with Crippen LogP contribution in [0.4, 0.5) is 24.5 Å². The molecule has 9 nitrogen and oxygen atoms in total. The van der Waals surface area contributed by atoms with Crippen LogP contribution in [-0.4, -0.2) is 36.0 Å². The molecule has 3 aromatic carbocycles. The molecule has 0 fully saturated rings. The number of carboxylic acid groups (broad SMARTS) is 1. The smallest absolute Gasteiger partial charge is 0.416 e. The SMILES string of the molecule is CCOc1cccc(CNc2ccc(C(F)(F)F)cc2C(=O)Nc2ccc(C(=N)N)cc2)c1OCC(=O)O. The van der Waals surface area contributed by atoms with E-state index in [2.05, 4.69) is 10.6 Å². The summed E-state index contributed by atoms with van der Waals surface area (Å²) in [7, 11) is 0. The van der Waals surface area contributed by atoms with Gasteiger partial charge < -0.3 is 30.9 Å². The van der Waals surface area contributed by atoms with Gasteiger partial charge >= 0.3 is 12.1 Å². The average molecular weight is 531 g/mol. The number of hydrogen-bond acceptors (Lipinski definition) is 6. The van der Waals surface area contributed by atoms with Crippen molar-refractivity contribution in [1.82, 2.24) is 0 Å². The number of nitrogens with one attached hydrogen (secondary N) is 3. The summed E-state index contributed by atoms with van der Waals surface area (Å²) in [6.07, 6.45) is -4.68. The lowest BCUT2D eigenvalue weighted by Gasteiger charge is -2.18. The number of hydrogen-bond donors (Lipinski definition) is 5. The maximum absolute atomic E-state index is 13.4. The molecule has 0 heterocycles. The lowest BCUT2D eigenvalue weighted by Crippen LogP contribution is -2.17. The molecule has 0 atom stereocenters. The van der Waals surface area contributed by atoms with Crippen molar-refractivity contribution in [3.63, 3.8) is 0 Å². The Morgan fingerprint density at radius 1 is 1.05 bits per heavy atom. The number of alkyl halides is 3. The van der Waals surface area contributed by atoms with Crippen molar-refractivity contribution in [2.75, 3.05) is 23.8 Å². The minimum absolute atomic E-state index is 0.0190. The first kappa shape index (κ1) is 27.8. The molecule has 38 heavy (non-hydrogen) atoms. The van der Waals surface area contributed by atoms with Gasteiger partial charge in [0.15, 0.2) is 18.1 Å². The van der Waals surface area contributed by atoms with Crippen LogP contribution in [0.15, 0.2) is 60.7 Å². The number of benzene rings is 3. The first-order chi connectivity index (χ1) is 18.0. The van der Waals surface area contributed by atoms with Crippen molar-refractivity contribution in [1.29, 1.82) is 5.41 Å². The third-order valence-electron chi connectivity index (χ3n) is 5.21. The highest BCUT2D eigenvalue weighted by molar-refractivity contribution is 6.08. The van der Waals surface area contributed by atoms with E-state index in [1.807, 2.05) is 0 Å². The summed E-state index contributed by atoms with van der Waals surface area (Å²) in [4.78, 5) is 24.1. The topological polar surface area (TPSA) is 147 Å². The minimum Gasteiger partial charge on any atom is -0.490 e. The van der Waals surface area contributed by atoms with Gasteiger partial charge in [-0.2, -0.15) is 13.2 Å². The Labute approximate surface area is 215 Å². The van der Waals surface area contributed by atoms with Gasteiger partial charge in [0.25, 0.3) is 5.91 Å². The van der Waals surface area contributed by atoms with Gasteiger partial charge in [-0.15, -0.1) is 0 Å². The van der Waals surface area contributed by atoms with E-state index in [9.17, 15) is 22.8 Å². The molecule has 0 unspecified atom stereocenters. The van der Waals surface area contributed by atoms with Crippen LogP contribution < -0.4 is 25.8 Å². The van der Waals surface area contributed by atoms with Gasteiger partial charge in [-0.25, -0.2) is 4.79 Å². The van der Waals surface area contributed by atoms with Crippen LogP contribution in [0.25, 0.3) is 0 Å². The Hall–Kier alpha value is -4.74. The summed E-state index contributed by atoms with van der Waals surface area (Å²) < 4.78 is 51.2. The summed E-state index contributed by atoms with van der Waals surface area (Å²) in [5, 5.41) is 21.9. The molecule has 12 heteroatoms. The Morgan fingerprint density at radius 3 is 2.37 bits per heavy atom. The molecule has 6 N–H and O–H groups in total. The first-order valence-corrected chi connectivity index (χ1v) is 11.3. The van der Waals surface area contributed by atoms with Gasteiger partial charge in [0.2, 0.25) is 0 Å². The number of rotatable bonds is 11. The van der Waals surface area contributed by atoms with E-state index >= 15 is 0 Å². The quantitative estimate of drug-likeness (QED) is 0.178. The van der Waals surface area contributed by atoms with Crippen molar-refractivity contribution in [3.05, 3.63) is 82.9 Å². The number of nitrogens with two attached hydrogens (primary N) is 1. The van der Waals surface area contributed by atoms with Crippen LogP contribution in [0.3, 0.4) is 0 Å². The van der Waals surface area contributed by atoms with E-state index < -0.39 is 30.2 Å². The van der Waals surface area contributed by atoms with Crippen molar-refractivity contribution in [3.8, 4) is 11.5 Å². The van der Waals surface area contributed by atoms with Crippen molar-refractivity contribution in [2.24, 2.45) is 5.73 Å². The number of nitrogen functional groups attached to an aromatic ring is 1. The highest BCUT2D eigenvalue weighted by Crippen LogP contribution is 2.34. The van der Waals surface area contributed by atoms with Gasteiger partial charge in [0, 0.05) is 29.0 Å². The van der Waals surface area contributed by atoms with Crippen molar-refractivity contribution < 1.29 is 37.3 Å². The second-order valence-corrected chi connectivity index (χ2v) is 7.92. The molecule has 1 amide bonds. The van der Waals surface area contributed by atoms with Gasteiger partial charge in [-0.3, -0.25) is 10.2 Å². The number of ether oxygens (including phenoxy) is 2. The van der Waals surface area contributed by atoms with Gasteiger partial charge in [-0.05, 0) is 55.5 Å². The molecule has 3 aromatic rings. The minimum atomic E-state index is -4.68. The van der Waals surface area contributed by atoms with Gasteiger partial charge in [-0.1, -0.05) is 12.1 Å². The fraction of sp³-hybridized carbons (Fsp3) is 0.192. The standard InChI is InChI=1S/C26H25F3N4O5/c1-2-37-21-5-3-4-16(23(21)38-14-22(34)35)13-32-20-11-8-17(26(27,28)29)12-19(20)25(36)33-18-9-6-15(7-10-18)24(30)31/h3-12,32H,2,13-14H2,1H3,(H3,30,31)(H,33,36)(H,34,35). The number of anilines is 2. The zero-order chi connectivity index (χ0) is 27.9. The molecule has 3 rings (SSSR count). The number of carboxylic acids is 1. The van der Waals surface area contributed by atoms with Crippen molar-refractivity contribution >= 4 is 29.1 Å². The molecular weight excluding hydrogens is 505 g/mol. The molecule has 0 aliphatic heterocycles. The summed E-state index contributed by atoms with van der Waals surface area (Å²) in [6, 6.07) is 13.5. The highest BCUT2D eigenvalue weighted by atomic mass is 19.4. The molecule has 0 radical (unpaired) electrons. The average Bonchev–Trinajstić information content (AvgIpc) is 2.86. The third-order valence-corrected chi connectivity index (χ3v) is 5.21. The van der Waals surface area contributed by atoms with Crippen LogP contribution in [0.5, 0.6) is 11.5 Å². The molecule has 0 bridgehead atoms. The predicted molar refractivity (Wildman–Crippen MR) is 135 cm³/mol. The summed E-state index contributed by atoms with van der Waals surface area (Å²) in [5.74, 6) is -1.72. The van der Waals surface area contributed by atoms with Crippen molar-refractivity contribution in [2.45, 2.75) is 19.6 Å². The third kappa shape index (κ3) is 7.15. The van der Waals surface area contributed by atoms with E-state index in [0.717, 1.165) is 18.2 Å². The molecule has 0 spiro atoms. The normalized spacial score (nSPS) is 10.9. The maximum atomic E-state index is 13.4. The second-order valence-electron chi connectivity index (χ2n) is 7.92. The number of halogens is 3. The molecule has 0 aromatic heterocycles. The lowest BCUT2D eigenvalue weighted by atomic mass is 10.1. The summed E-state index contributed by atoms with van der Waals surface area (Å²) in [5.41, 5.74) is 5.40. The molecular formula is C26H25F3N4O5. The van der Waals surface area contributed by atoms with E-state index in [-0.39, 0.29) is 41.7 Å². The number of para-hydroxylation sites is 1. The van der Waals surface area contributed by atoms with Crippen LogP contribution in [0.2, 0.25) is 0 Å². The molecule has 0 aliphatic carbocycles. The number of carbonyl (C=O) groups is 2. The Balaban J connectivity index is 1.91. The fourth-order valence-corrected chi connectivity index (χ4v) is 3.45. The Kier molecular flexibility index (Phi) is 8.79. The molecule has 0 aliphatic rings. The van der Waals surface area contributed by atoms with Crippen LogP contribution in [0.1, 0.15) is 34.0 Å². The van der Waals surface area contributed by atoms with E-state index in [4.69, 9.17) is 25.7 Å². The zero-order valence-corrected chi connectivity index (χ0v) is 20.2. The fourth-order valence-electron chi connectivity index (χ4n) is 3.45. The van der Waals surface area contributed by atoms with Crippen LogP contribution in [-0.2, 0) is 17.5 Å². The second kappa shape index (κ2) is 12.0. The van der Waals surface area contributed by atoms with Crippen LogP contribution >= 0.6 is 0 Å². The van der Waals surface area contributed by atoms with Crippen LogP contribution in [0, 0.1) is 5.41 Å². The maximum Gasteiger partial charge on any atom is 0.416 e. The van der Waals surface area contributed by atoms with E-state index in [1.165, 1.54) is 24.3 Å². The van der Waals surface area contributed by atoms with Gasteiger partial charge in [0.1, 0.15) is 5.84 Å². The van der Waals surface area contributed by atoms with E-state index in [1.54, 1.807) is 25.1 Å². The molecule has 0 saturated heterocycles. The first-order valence-electron chi connectivity index (χ1n) is 11.3. The number of aliphatic carboxylic acids is 1. The Bertz CT molecular complexity index is 1330. The monoisotopic (exact) mass is 530 g/mol. The molecule has 0 saturated carbocycles. The molecule has 200 valence electrons. The van der Waals surface area contributed by atoms with Gasteiger partial charge in [0.05, 0.1) is 17.7 Å². The number of amidine groups is 1. The summed E-state index contributed by atoms with van der Waals surface area (Å²) in [6.45, 7) is 1.38. The summed E-state index contributed by atoms with van der Waals surface area (Å²) >= 11 is 0. The Morgan fingerprint density at radius 2 is 1.76 bits per heavy atom. The lowest BCUT2D eigenvalue weighted by molar-refractivity contribution is -0.139. The zero-order valence-electron chi connectivity index (χ0n) is 20.2. The number of carbonyl (C=O) groups excluding carboxylic acids is 1. The highest BCUT2D eigenvalue weighted by Gasteiger charge is 2.32. The number of amides is 1.